The molecular weight excluding hydrogens is 544 g/mol. The van der Waals surface area contributed by atoms with E-state index in [-0.39, 0.29) is 5.28 Å². The molecule has 41 heavy (non-hydrogen) atoms. The van der Waals surface area contributed by atoms with E-state index in [1.165, 1.54) is 20.9 Å². The lowest BCUT2D eigenvalue weighted by molar-refractivity contribution is 1.07. The normalized spacial score (nSPS) is 14.2. The summed E-state index contributed by atoms with van der Waals surface area (Å²) in [6.45, 7) is 0. The van der Waals surface area contributed by atoms with E-state index in [4.69, 9.17) is 16.6 Å². The van der Waals surface area contributed by atoms with Gasteiger partial charge in [0, 0.05) is 42.9 Å². The van der Waals surface area contributed by atoms with Crippen LogP contribution in [0.3, 0.4) is 0 Å². The van der Waals surface area contributed by atoms with Gasteiger partial charge in [-0.25, -0.2) is 4.98 Å². The summed E-state index contributed by atoms with van der Waals surface area (Å²) in [5, 5.41) is 2.42. The van der Waals surface area contributed by atoms with Crippen LogP contribution in [0.5, 0.6) is 0 Å². The van der Waals surface area contributed by atoms with Gasteiger partial charge in [-0.2, -0.15) is 20.0 Å². The summed E-state index contributed by atoms with van der Waals surface area (Å²) in [5.74, 6) is 1.16. The largest absolute Gasteiger partial charge is 0.309 e. The zero-order valence-corrected chi connectivity index (χ0v) is 24.1. The number of hydrogen-bond acceptors (Lipinski definition) is 3. The van der Waals surface area contributed by atoms with Crippen LogP contribution in [-0.4, -0.2) is 32.0 Å². The molecule has 0 radical (unpaired) electrons. The van der Waals surface area contributed by atoms with Crippen LogP contribution in [0, 0.1) is 0 Å². The van der Waals surface area contributed by atoms with Gasteiger partial charge in [-0.1, -0.05) is 78.9 Å². The Labute approximate surface area is 244 Å². The highest BCUT2D eigenvalue weighted by molar-refractivity contribution is 8.33. The molecule has 8 rings (SSSR count). The molecular formula is C35H25ClN4S. The Morgan fingerprint density at radius 2 is 1.17 bits per heavy atom. The predicted octanol–water partition coefficient (Wildman–Crippen LogP) is 9.42. The summed E-state index contributed by atoms with van der Waals surface area (Å²) in [5.41, 5.74) is 7.70. The van der Waals surface area contributed by atoms with Crippen LogP contribution in [-0.2, 0) is 0 Å². The van der Waals surface area contributed by atoms with Gasteiger partial charge in [-0.15, -0.1) is 0 Å². The zero-order chi connectivity index (χ0) is 27.7. The van der Waals surface area contributed by atoms with Crippen molar-refractivity contribution in [1.82, 2.24) is 19.5 Å². The lowest BCUT2D eigenvalue weighted by Gasteiger charge is -2.28. The SMILES string of the molecule is CS1(C)c2ccccc2-c2c(-c3nc(Cl)nc(-c4cccc5c4c4ccccc4n5-c4ccccc4)n3)cccc21. The molecule has 0 saturated carbocycles. The maximum atomic E-state index is 6.67. The fraction of sp³-hybridized carbons (Fsp3) is 0.0571. The second-order valence-corrected chi connectivity index (χ2v) is 14.5. The first-order chi connectivity index (χ1) is 20.0. The Balaban J connectivity index is 1.39. The minimum Gasteiger partial charge on any atom is -0.309 e. The third-order valence-corrected chi connectivity index (χ3v) is 11.1. The number of fused-ring (bicyclic) bond motifs is 6. The van der Waals surface area contributed by atoms with Crippen LogP contribution >= 0.6 is 21.6 Å². The summed E-state index contributed by atoms with van der Waals surface area (Å²) < 4.78 is 2.30. The third kappa shape index (κ3) is 3.59. The van der Waals surface area contributed by atoms with Crippen molar-refractivity contribution in [3.8, 4) is 39.6 Å². The molecule has 2 aromatic heterocycles. The molecule has 5 aromatic carbocycles. The number of aromatic nitrogens is 4. The Morgan fingerprint density at radius 1 is 0.561 bits per heavy atom. The van der Waals surface area contributed by atoms with Crippen molar-refractivity contribution < 1.29 is 0 Å². The van der Waals surface area contributed by atoms with Crippen molar-refractivity contribution in [1.29, 1.82) is 0 Å². The molecule has 6 heteroatoms. The lowest BCUT2D eigenvalue weighted by Crippen LogP contribution is -1.99. The lowest BCUT2D eigenvalue weighted by atomic mass is 9.99. The number of rotatable bonds is 3. The first-order valence-corrected chi connectivity index (χ1v) is 16.3. The second kappa shape index (κ2) is 9.03. The number of nitrogens with zero attached hydrogens (tertiary/aromatic N) is 4. The van der Waals surface area contributed by atoms with Crippen LogP contribution in [0.25, 0.3) is 61.4 Å². The van der Waals surface area contributed by atoms with Gasteiger partial charge in [0.2, 0.25) is 5.28 Å². The number of para-hydroxylation sites is 2. The summed E-state index contributed by atoms with van der Waals surface area (Å²) in [6, 6.07) is 40.4. The molecule has 0 N–H and O–H groups in total. The molecule has 7 aromatic rings. The summed E-state index contributed by atoms with van der Waals surface area (Å²) in [6.07, 6.45) is 4.72. The Bertz CT molecular complexity index is 2150. The first-order valence-electron chi connectivity index (χ1n) is 13.5. The van der Waals surface area contributed by atoms with Crippen molar-refractivity contribution in [2.75, 3.05) is 12.5 Å². The van der Waals surface area contributed by atoms with E-state index < -0.39 is 10.0 Å². The highest BCUT2D eigenvalue weighted by Crippen LogP contribution is 2.68. The predicted molar refractivity (Wildman–Crippen MR) is 171 cm³/mol. The van der Waals surface area contributed by atoms with Gasteiger partial charge >= 0.3 is 0 Å². The van der Waals surface area contributed by atoms with Gasteiger partial charge in [0.15, 0.2) is 11.6 Å². The fourth-order valence-electron chi connectivity index (χ4n) is 6.31. The molecule has 1 aliphatic heterocycles. The second-order valence-electron chi connectivity index (χ2n) is 10.6. The van der Waals surface area contributed by atoms with E-state index in [0.717, 1.165) is 38.6 Å². The maximum absolute atomic E-state index is 6.67. The number of halogens is 1. The smallest absolute Gasteiger partial charge is 0.226 e. The zero-order valence-electron chi connectivity index (χ0n) is 22.5. The van der Waals surface area contributed by atoms with Crippen LogP contribution in [0.2, 0.25) is 5.28 Å². The average Bonchev–Trinajstić information content (AvgIpc) is 3.47. The van der Waals surface area contributed by atoms with Crippen molar-refractivity contribution in [3.63, 3.8) is 0 Å². The molecule has 0 atom stereocenters. The number of benzene rings is 5. The van der Waals surface area contributed by atoms with E-state index in [9.17, 15) is 0 Å². The molecule has 0 spiro atoms. The van der Waals surface area contributed by atoms with E-state index in [0.29, 0.717) is 11.6 Å². The van der Waals surface area contributed by atoms with Gasteiger partial charge < -0.3 is 4.57 Å². The van der Waals surface area contributed by atoms with Crippen LogP contribution in [0.1, 0.15) is 0 Å². The average molecular weight is 569 g/mol. The molecule has 4 nitrogen and oxygen atoms in total. The topological polar surface area (TPSA) is 43.6 Å². The molecule has 0 aliphatic carbocycles. The van der Waals surface area contributed by atoms with E-state index in [1.807, 2.05) is 6.07 Å². The quantitative estimate of drug-likeness (QED) is 0.213. The van der Waals surface area contributed by atoms with E-state index >= 15 is 0 Å². The molecule has 0 saturated heterocycles. The highest BCUT2D eigenvalue weighted by Gasteiger charge is 2.34. The molecule has 0 unspecified atom stereocenters. The molecule has 0 bridgehead atoms. The first kappa shape index (κ1) is 24.4. The minimum absolute atomic E-state index is 0.185. The van der Waals surface area contributed by atoms with Crippen LogP contribution in [0.15, 0.2) is 125 Å². The van der Waals surface area contributed by atoms with Crippen LogP contribution in [0.4, 0.5) is 0 Å². The summed E-state index contributed by atoms with van der Waals surface area (Å²) in [4.78, 5) is 17.2. The molecule has 3 heterocycles. The molecule has 1 aliphatic rings. The van der Waals surface area contributed by atoms with Gasteiger partial charge in [0.25, 0.3) is 0 Å². The molecule has 0 amide bonds. The molecule has 198 valence electrons. The monoisotopic (exact) mass is 568 g/mol. The Kier molecular flexibility index (Phi) is 5.36. The summed E-state index contributed by atoms with van der Waals surface area (Å²) >= 11 is 6.67. The Morgan fingerprint density at radius 3 is 2.02 bits per heavy atom. The van der Waals surface area contributed by atoms with Crippen LogP contribution < -0.4 is 0 Å². The van der Waals surface area contributed by atoms with Crippen molar-refractivity contribution >= 4 is 43.4 Å². The highest BCUT2D eigenvalue weighted by atomic mass is 35.5. The molecule has 0 fully saturated rings. The third-order valence-electron chi connectivity index (χ3n) is 8.08. The minimum atomic E-state index is -1.15. The maximum Gasteiger partial charge on any atom is 0.226 e. The van der Waals surface area contributed by atoms with Crippen molar-refractivity contribution in [2.45, 2.75) is 9.79 Å². The number of hydrogen-bond donors (Lipinski definition) is 0. The summed E-state index contributed by atoms with van der Waals surface area (Å²) in [7, 11) is -1.15. The van der Waals surface area contributed by atoms with E-state index in [1.54, 1.807) is 0 Å². The van der Waals surface area contributed by atoms with Crippen molar-refractivity contribution in [3.05, 3.63) is 121 Å². The van der Waals surface area contributed by atoms with Gasteiger partial charge in [-0.3, -0.25) is 0 Å². The van der Waals surface area contributed by atoms with E-state index in [2.05, 4.69) is 136 Å². The standard InChI is InChI=1S/C35H25ClN4S/c1-41(2)29-20-9-7-15-24(29)32-26(17-11-21-30(32)41)34-37-33(38-35(36)39-34)25-16-10-19-28-31(25)23-14-6-8-18-27(23)40(28)22-12-4-3-5-13-22/h3-21H,1-2H3. The van der Waals surface area contributed by atoms with Gasteiger partial charge in [-0.05, 0) is 66.1 Å². The fourth-order valence-corrected chi connectivity index (χ4v) is 8.99. The Hall–Kier alpha value is -4.45. The van der Waals surface area contributed by atoms with Gasteiger partial charge in [0.1, 0.15) is 0 Å². The van der Waals surface area contributed by atoms with Crippen molar-refractivity contribution in [2.24, 2.45) is 0 Å². The van der Waals surface area contributed by atoms with Gasteiger partial charge in [0.05, 0.1) is 11.0 Å².